The summed E-state index contributed by atoms with van der Waals surface area (Å²) in [6.45, 7) is 13.1. The zero-order valence-corrected chi connectivity index (χ0v) is 89.9. The molecule has 2 saturated heterocycles. The predicted octanol–water partition coefficient (Wildman–Crippen LogP) is 5.66. The van der Waals surface area contributed by atoms with Crippen LogP contribution in [0.3, 0.4) is 0 Å². The Kier molecular flexibility index (Phi) is 54.5. The number of carbonyl (C=O) groups is 15. The Labute approximate surface area is 887 Å². The predicted molar refractivity (Wildman–Crippen MR) is 555 cm³/mol. The zero-order chi connectivity index (χ0) is 111. The Bertz CT molecular complexity index is 5200. The van der Waals surface area contributed by atoms with Gasteiger partial charge in [0.05, 0.1) is 68.5 Å². The van der Waals surface area contributed by atoms with Gasteiger partial charge in [0.25, 0.3) is 17.6 Å². The van der Waals surface area contributed by atoms with Crippen LogP contribution >= 0.6 is 43.2 Å². The minimum absolute atomic E-state index is 0.00137. The number of aliphatic carboxylic acids is 2. The SMILES string of the molecule is CO[C@H]1C[C@@H]2CC[C@@H](C)[C@@](O)(O2)C(=O)C(=O)N2CCCC[C@H]2C(=O)O[C@H]([C@H](C)C[C@@H]2CC[C@@H](OCCOC(=O)OCCSSCCC(=O)NC[C@H](NC(=O)[C@@H](C)CCC(=O)NC[C@H](O)[C@@H](O)[C@H](O)[C@H](O)CO)C(=O)C[C@@H](CSSCCOC(=O)NCC(=O)CC[C@H](NC(=O)c3ccc(NCc4cnc5nc(N)[nH]c(=N)c5n4)cc3)C(=O)O)C(=O)O)[C@H](C)C2)CC(=O)[C@H](C)/C=C(\C)[C@@H](O)[C@@H](OC)C(=O)[C@H](C)C[C@H](C)/C=C/C=C/C=C/1C. The average molecular weight is 2190 g/mol. The number of nitrogen functional groups attached to an aromatic ring is 1. The number of hydrogen-bond donors (Lipinski definition) is 18. The topological polar surface area (TPSA) is 692 Å². The van der Waals surface area contributed by atoms with Crippen molar-refractivity contribution in [1.29, 1.82) is 5.41 Å². The Balaban J connectivity index is 0.843. The molecule has 5 heterocycles. The summed E-state index contributed by atoms with van der Waals surface area (Å²) in [6, 6.07) is 1.81. The Hall–Kier alpha value is -10.4. The lowest BCUT2D eigenvalue weighted by Gasteiger charge is -2.42. The summed E-state index contributed by atoms with van der Waals surface area (Å²) in [4.78, 5) is 218. The Morgan fingerprint density at radius 3 is 2.11 bits per heavy atom. The Morgan fingerprint density at radius 1 is 0.727 bits per heavy atom. The lowest BCUT2D eigenvalue weighted by molar-refractivity contribution is -0.265. The molecule has 45 nitrogen and oxygen atoms in total. The van der Waals surface area contributed by atoms with Crippen molar-refractivity contribution < 1.29 is 156 Å². The standard InChI is InChI=1S/C101H149N13O32S4/c1-55-17-13-12-14-18-56(2)79(139-10)46-70-28-21-63(9)101(138,146-70)89(127)94(130)114-33-16-15-19-73(114)97(135)145-80(47-74(117)58(4)42-62(8)85(124)88(140-11)84(123)61(7)41-55)60(6)44-64-22-30-78(59(5)43-64)141-34-35-143-100(137)144-37-40-148-147-38-32-82(122)105-51-72(111-92(128)57(3)20-31-81(121)106-52-76(119)86(125)87(126)77(120)53-115)75(118)45-66(95(131)132)54-150-149-39-36-142-99(136)108-50-69(116)27-29-71(96(133)134)110-93(129)65-23-25-67(26-24-65)104-48-68-49-107-91-83(109-68)90(102)112-98(103)113-91/h12-14,17-18,23-26,42,49,55,57-61,63-64,66,70-73,76-80,85-88,104,115,119-120,124-126,138H,15-16,19-22,27-41,43-48,50-54H2,1-11H3,(H,105,122)(H,106,121)(H,108,136)(H,110,129)(H,111,128)(H,131,132)(H,133,134)(H4,102,103,107,112,113)/b14-12+,17-13+,56-18+,62-42+/t55-,57+,58-,59-,60-,61-,63-,64-,66+,70+,71+,72+,73+,76+,77-,78-,79+,80+,85-,86-,87-,88+,101-/m1/s1. The fourth-order valence-corrected chi connectivity index (χ4v) is 21.5. The van der Waals surface area contributed by atoms with Gasteiger partial charge in [0.2, 0.25) is 29.5 Å². The first-order valence-corrected chi connectivity index (χ1v) is 55.4. The maximum atomic E-state index is 14.8. The van der Waals surface area contributed by atoms with E-state index in [0.29, 0.717) is 74.7 Å². The summed E-state index contributed by atoms with van der Waals surface area (Å²) in [7, 11) is 7.49. The van der Waals surface area contributed by atoms with Crippen LogP contribution < -0.4 is 43.1 Å². The number of cyclic esters (lactones) is 1. The number of Topliss-reactive ketones (excluding diaryl/α,β-unsaturated/α-hetero) is 5. The van der Waals surface area contributed by atoms with Crippen molar-refractivity contribution in [3.8, 4) is 0 Å². The van der Waals surface area contributed by atoms with Crippen molar-refractivity contribution in [1.82, 2.24) is 51.4 Å². The summed E-state index contributed by atoms with van der Waals surface area (Å²) < 4.78 is 46.1. The van der Waals surface area contributed by atoms with E-state index in [4.69, 9.17) is 54.1 Å². The fourth-order valence-electron chi connectivity index (χ4n) is 17.6. The van der Waals surface area contributed by atoms with Gasteiger partial charge < -0.3 is 131 Å². The average Bonchev–Trinajstić information content (AvgIpc) is 0.775. The molecule has 2 bridgehead atoms. The smallest absolute Gasteiger partial charge is 0.481 e. The molecule has 0 spiro atoms. The van der Waals surface area contributed by atoms with Crippen molar-refractivity contribution >= 4 is 155 Å². The maximum absolute atomic E-state index is 14.8. The monoisotopic (exact) mass is 2180 g/mol. The second kappa shape index (κ2) is 64.6. The van der Waals surface area contributed by atoms with E-state index in [2.05, 4.69) is 51.8 Å². The van der Waals surface area contributed by atoms with Crippen LogP contribution in [0, 0.1) is 58.7 Å². The van der Waals surface area contributed by atoms with E-state index < -0.39 is 224 Å². The van der Waals surface area contributed by atoms with Crippen molar-refractivity contribution in [3.05, 3.63) is 94.8 Å². The number of carboxylic acids is 2. The van der Waals surface area contributed by atoms with E-state index in [1.54, 1.807) is 53.0 Å². The van der Waals surface area contributed by atoms with Gasteiger partial charge in [-0.05, 0) is 150 Å². The highest BCUT2D eigenvalue weighted by Crippen LogP contribution is 2.40. The zero-order valence-electron chi connectivity index (χ0n) is 86.6. The van der Waals surface area contributed by atoms with E-state index >= 15 is 0 Å². The molecule has 23 atom stereocenters. The summed E-state index contributed by atoms with van der Waals surface area (Å²) >= 11 is 0. The van der Waals surface area contributed by atoms with E-state index in [-0.39, 0.29) is 177 Å². The van der Waals surface area contributed by atoms with Crippen LogP contribution in [0.15, 0.2) is 78.1 Å². The number of esters is 1. The normalized spacial score (nSPS) is 25.5. The second-order valence-corrected chi connectivity index (χ2v) is 43.9. The van der Waals surface area contributed by atoms with Crippen LogP contribution in [0.4, 0.5) is 21.2 Å². The summed E-state index contributed by atoms with van der Waals surface area (Å²) in [5, 5.41) is 116. The first-order valence-electron chi connectivity index (χ1n) is 50.4. The van der Waals surface area contributed by atoms with Gasteiger partial charge in [-0.15, -0.1) is 0 Å². The van der Waals surface area contributed by atoms with Crippen molar-refractivity contribution in [3.63, 3.8) is 0 Å². The van der Waals surface area contributed by atoms with Crippen LogP contribution in [0.1, 0.15) is 194 Å². The van der Waals surface area contributed by atoms with Crippen LogP contribution in [0.25, 0.3) is 11.2 Å². The molecular formula is C101H149N13O32S4. The van der Waals surface area contributed by atoms with Crippen LogP contribution in [-0.2, 0) is 102 Å². The number of methoxy groups -OCH3 is 2. The molecule has 834 valence electrons. The number of hydrogen-bond acceptors (Lipinski definition) is 40. The number of anilines is 2. The van der Waals surface area contributed by atoms with Crippen molar-refractivity contribution in [2.75, 3.05) is 107 Å². The van der Waals surface area contributed by atoms with Gasteiger partial charge in [0.1, 0.15) is 80.4 Å². The number of allylic oxidation sites excluding steroid dienone is 6. The van der Waals surface area contributed by atoms with E-state index in [9.17, 15) is 113 Å². The number of alkyl carbamates (subject to hydrolysis) is 1. The molecule has 4 aliphatic rings. The minimum Gasteiger partial charge on any atom is -0.481 e. The number of aromatic nitrogens is 4. The third-order valence-corrected chi connectivity index (χ3v) is 31.6. The number of carbonyl (C=O) groups excluding carboxylic acids is 13. The van der Waals surface area contributed by atoms with Gasteiger partial charge in [0, 0.05) is 130 Å². The number of aromatic amines is 1. The summed E-state index contributed by atoms with van der Waals surface area (Å²) in [6.07, 6.45) is 0.775. The molecule has 49 heteroatoms. The minimum atomic E-state index is -2.52. The number of amides is 6. The quantitative estimate of drug-likeness (QED) is 0.00809. The number of ether oxygens (including phenoxy) is 8. The molecule has 19 N–H and O–H groups in total. The number of benzene rings is 1. The number of rotatable bonds is 50. The number of nitrogens with two attached hydrogens (primary N) is 1. The summed E-state index contributed by atoms with van der Waals surface area (Å²) in [5.41, 5.74) is 8.28. The van der Waals surface area contributed by atoms with Gasteiger partial charge in [0.15, 0.2) is 34.0 Å². The van der Waals surface area contributed by atoms with Crippen molar-refractivity contribution in [2.45, 2.75) is 269 Å². The van der Waals surface area contributed by atoms with Gasteiger partial charge in [-0.25, -0.2) is 29.1 Å². The lowest BCUT2D eigenvalue weighted by atomic mass is 9.75. The number of H-pyrrole nitrogens is 1. The highest BCUT2D eigenvalue weighted by molar-refractivity contribution is 8.77. The number of carboxylic acid groups (broad SMARTS) is 2. The molecule has 3 fully saturated rings. The second-order valence-electron chi connectivity index (χ2n) is 38.6. The largest absolute Gasteiger partial charge is 0.508 e. The molecule has 1 saturated carbocycles. The summed E-state index contributed by atoms with van der Waals surface area (Å²) in [5.74, 6) is -17.8. The molecule has 1 aromatic carbocycles. The Morgan fingerprint density at radius 2 is 1.41 bits per heavy atom. The highest BCUT2D eigenvalue weighted by Gasteiger charge is 2.54. The number of aliphatic hydroxyl groups is 7. The molecular weight excluding hydrogens is 2040 g/mol. The first-order chi connectivity index (χ1) is 71.2. The fraction of sp³-hybridized carbons (Fsp3) is 0.653. The molecule has 7 rings (SSSR count). The third-order valence-electron chi connectivity index (χ3n) is 26.8. The molecule has 2 aromatic heterocycles. The van der Waals surface area contributed by atoms with Gasteiger partial charge in [-0.2, -0.15) is 4.98 Å². The molecule has 150 heavy (non-hydrogen) atoms. The van der Waals surface area contributed by atoms with E-state index in [0.717, 1.165) is 32.1 Å². The van der Waals surface area contributed by atoms with E-state index in [1.807, 2.05) is 58.1 Å². The molecule has 3 aliphatic heterocycles. The first kappa shape index (κ1) is 127. The molecule has 3 aromatic rings. The highest BCUT2D eigenvalue weighted by atomic mass is 33.1. The molecule has 0 unspecified atom stereocenters. The number of ketones is 5. The van der Waals surface area contributed by atoms with Crippen LogP contribution in [0.5, 0.6) is 0 Å². The molecule has 6 amide bonds. The van der Waals surface area contributed by atoms with Gasteiger partial charge in [-0.3, -0.25) is 58.1 Å². The maximum Gasteiger partial charge on any atom is 0.508 e. The third kappa shape index (κ3) is 41.6. The lowest BCUT2D eigenvalue weighted by Crippen LogP contribution is -2.61. The van der Waals surface area contributed by atoms with Gasteiger partial charge in [-0.1, -0.05) is 128 Å². The molecule has 1 aliphatic carbocycles. The van der Waals surface area contributed by atoms with Crippen LogP contribution in [-0.4, -0.2) is 341 Å². The number of nitrogens with one attached hydrogen (secondary N) is 8. The molecule has 0 radical (unpaired) electrons. The van der Waals surface area contributed by atoms with E-state index in [1.165, 1.54) is 54.0 Å². The number of fused-ring (bicyclic) bond motifs is 4. The van der Waals surface area contributed by atoms with Crippen LogP contribution in [0.2, 0.25) is 0 Å². The number of piperidine rings is 1. The van der Waals surface area contributed by atoms with Crippen molar-refractivity contribution in [2.24, 2.45) is 53.3 Å². The number of nitrogens with zero attached hydrogens (tertiary/aromatic N) is 4. The number of aliphatic hydroxyl groups excluding tert-OH is 6. The van der Waals surface area contributed by atoms with Gasteiger partial charge >= 0.3 is 30.2 Å².